The molecule has 0 spiro atoms. The van der Waals surface area contributed by atoms with Crippen molar-refractivity contribution in [2.75, 3.05) is 0 Å². The van der Waals surface area contributed by atoms with E-state index in [1.807, 2.05) is 0 Å². The quantitative estimate of drug-likeness (QED) is 0.927. The molecule has 0 aliphatic heterocycles. The van der Waals surface area contributed by atoms with Gasteiger partial charge in [-0.05, 0) is 17.7 Å². The molecule has 0 atom stereocenters. The minimum absolute atomic E-state index is 0.0127. The van der Waals surface area contributed by atoms with Gasteiger partial charge >= 0.3 is 12.6 Å². The van der Waals surface area contributed by atoms with Gasteiger partial charge in [0.1, 0.15) is 5.75 Å². The summed E-state index contributed by atoms with van der Waals surface area (Å²) in [6.45, 7) is -3.00. The number of hydrogen-bond donors (Lipinski definition) is 1. The van der Waals surface area contributed by atoms with Crippen LogP contribution in [0.4, 0.5) is 8.78 Å². The van der Waals surface area contributed by atoms with Crippen LogP contribution in [0.1, 0.15) is 5.56 Å². The van der Waals surface area contributed by atoms with Gasteiger partial charge in [0, 0.05) is 4.47 Å². The number of halogens is 4. The Balaban J connectivity index is 3.05. The molecule has 0 aromatic heterocycles. The van der Waals surface area contributed by atoms with Crippen LogP contribution in [0, 0.1) is 0 Å². The molecule has 7 heteroatoms. The van der Waals surface area contributed by atoms with Crippen molar-refractivity contribution in [2.24, 2.45) is 0 Å². The van der Waals surface area contributed by atoms with Crippen LogP contribution in [0.3, 0.4) is 0 Å². The second-order valence-corrected chi connectivity index (χ2v) is 4.08. The van der Waals surface area contributed by atoms with Gasteiger partial charge in [-0.25, -0.2) is 0 Å². The van der Waals surface area contributed by atoms with Gasteiger partial charge in [0.05, 0.1) is 11.4 Å². The Morgan fingerprint density at radius 3 is 2.69 bits per heavy atom. The molecule has 0 saturated carbocycles. The second kappa shape index (κ2) is 5.45. The minimum atomic E-state index is -3.00. The van der Waals surface area contributed by atoms with Gasteiger partial charge in [0.25, 0.3) is 0 Å². The molecule has 1 aromatic carbocycles. The summed E-state index contributed by atoms with van der Waals surface area (Å²) in [6, 6.07) is 2.49. The molecule has 0 bridgehead atoms. The highest BCUT2D eigenvalue weighted by molar-refractivity contribution is 9.10. The zero-order valence-electron chi connectivity index (χ0n) is 7.71. The maximum atomic E-state index is 12.0. The second-order valence-electron chi connectivity index (χ2n) is 2.82. The predicted molar refractivity (Wildman–Crippen MR) is 57.1 cm³/mol. The van der Waals surface area contributed by atoms with E-state index in [1.165, 1.54) is 12.1 Å². The molecule has 0 radical (unpaired) electrons. The molecule has 0 unspecified atom stereocenters. The summed E-state index contributed by atoms with van der Waals surface area (Å²) in [7, 11) is 0. The summed E-state index contributed by atoms with van der Waals surface area (Å²) in [5.74, 6) is -1.32. The number of aliphatic carboxylic acids is 1. The molecule has 1 aromatic rings. The Bertz CT molecular complexity index is 412. The Hall–Kier alpha value is -0.880. The van der Waals surface area contributed by atoms with Crippen LogP contribution in [0.25, 0.3) is 0 Å². The van der Waals surface area contributed by atoms with E-state index >= 15 is 0 Å². The molecule has 3 nitrogen and oxygen atoms in total. The number of rotatable bonds is 4. The molecule has 1 rings (SSSR count). The van der Waals surface area contributed by atoms with Crippen molar-refractivity contribution in [3.8, 4) is 5.75 Å². The first-order chi connectivity index (χ1) is 7.40. The average Bonchev–Trinajstić information content (AvgIpc) is 2.11. The SMILES string of the molecule is O=C(O)Cc1cc(OC(F)F)c(Cl)cc1Br. The lowest BCUT2D eigenvalue weighted by Crippen LogP contribution is -2.05. The van der Waals surface area contributed by atoms with Gasteiger partial charge in [-0.2, -0.15) is 8.78 Å². The van der Waals surface area contributed by atoms with Crippen LogP contribution in [0.15, 0.2) is 16.6 Å². The van der Waals surface area contributed by atoms with Gasteiger partial charge < -0.3 is 9.84 Å². The largest absolute Gasteiger partial charge is 0.481 e. The van der Waals surface area contributed by atoms with Gasteiger partial charge in [0.2, 0.25) is 0 Å². The van der Waals surface area contributed by atoms with Crippen LogP contribution in [0.5, 0.6) is 5.75 Å². The molecule has 0 fully saturated rings. The van der Waals surface area contributed by atoms with Crippen LogP contribution < -0.4 is 4.74 Å². The van der Waals surface area contributed by atoms with Crippen LogP contribution in [0.2, 0.25) is 5.02 Å². The highest BCUT2D eigenvalue weighted by Gasteiger charge is 2.13. The van der Waals surface area contributed by atoms with E-state index in [4.69, 9.17) is 16.7 Å². The number of carboxylic acids is 1. The van der Waals surface area contributed by atoms with E-state index in [2.05, 4.69) is 20.7 Å². The highest BCUT2D eigenvalue weighted by Crippen LogP contribution is 2.32. The molecule has 0 heterocycles. The Kier molecular flexibility index (Phi) is 4.49. The van der Waals surface area contributed by atoms with Crippen molar-refractivity contribution < 1.29 is 23.4 Å². The third-order valence-electron chi connectivity index (χ3n) is 1.66. The van der Waals surface area contributed by atoms with Gasteiger partial charge in [-0.15, -0.1) is 0 Å². The minimum Gasteiger partial charge on any atom is -0.481 e. The number of hydrogen-bond acceptors (Lipinski definition) is 2. The van der Waals surface area contributed by atoms with E-state index in [0.717, 1.165) is 0 Å². The summed E-state index contributed by atoms with van der Waals surface area (Å²) in [5.41, 5.74) is 0.313. The number of carboxylic acid groups (broad SMARTS) is 1. The molecule has 0 saturated heterocycles. The molecule has 0 amide bonds. The summed E-state index contributed by atoms with van der Waals surface area (Å²) >= 11 is 8.73. The first-order valence-electron chi connectivity index (χ1n) is 4.04. The molecule has 0 aliphatic carbocycles. The highest BCUT2D eigenvalue weighted by atomic mass is 79.9. The zero-order valence-corrected chi connectivity index (χ0v) is 10.1. The number of carbonyl (C=O) groups is 1. The fourth-order valence-electron chi connectivity index (χ4n) is 1.06. The molecule has 88 valence electrons. The van der Waals surface area contributed by atoms with Crippen LogP contribution in [-0.2, 0) is 11.2 Å². The predicted octanol–water partition coefficient (Wildman–Crippen LogP) is 3.33. The average molecular weight is 315 g/mol. The van der Waals surface area contributed by atoms with Gasteiger partial charge in [-0.1, -0.05) is 27.5 Å². The lowest BCUT2D eigenvalue weighted by atomic mass is 10.1. The first kappa shape index (κ1) is 13.2. The van der Waals surface area contributed by atoms with E-state index < -0.39 is 12.6 Å². The van der Waals surface area contributed by atoms with Gasteiger partial charge in [-0.3, -0.25) is 4.79 Å². The van der Waals surface area contributed by atoms with E-state index in [-0.39, 0.29) is 17.2 Å². The summed E-state index contributed by atoms with van der Waals surface area (Å²) < 4.78 is 28.5. The van der Waals surface area contributed by atoms with Gasteiger partial charge in [0.15, 0.2) is 0 Å². The molecular weight excluding hydrogens is 309 g/mol. The summed E-state index contributed by atoms with van der Waals surface area (Å²) in [4.78, 5) is 10.5. The first-order valence-corrected chi connectivity index (χ1v) is 5.21. The van der Waals surface area contributed by atoms with Crippen LogP contribution in [-0.4, -0.2) is 17.7 Å². The van der Waals surface area contributed by atoms with Crippen molar-refractivity contribution in [2.45, 2.75) is 13.0 Å². The molecule has 1 N–H and O–H groups in total. The van der Waals surface area contributed by atoms with Crippen molar-refractivity contribution in [1.82, 2.24) is 0 Å². The normalized spacial score (nSPS) is 10.6. The molecular formula is C9H6BrClF2O3. The molecule has 0 aliphatic rings. The Morgan fingerprint density at radius 1 is 1.56 bits per heavy atom. The van der Waals surface area contributed by atoms with E-state index in [1.54, 1.807) is 0 Å². The van der Waals surface area contributed by atoms with Crippen LogP contribution >= 0.6 is 27.5 Å². The third-order valence-corrected chi connectivity index (χ3v) is 2.69. The smallest absolute Gasteiger partial charge is 0.387 e. The van der Waals surface area contributed by atoms with Crippen molar-refractivity contribution in [1.29, 1.82) is 0 Å². The fourth-order valence-corrected chi connectivity index (χ4v) is 1.88. The van der Waals surface area contributed by atoms with Crippen molar-refractivity contribution >= 4 is 33.5 Å². The summed E-state index contributed by atoms with van der Waals surface area (Å²) in [6.07, 6.45) is -0.308. The lowest BCUT2D eigenvalue weighted by Gasteiger charge is -2.09. The maximum Gasteiger partial charge on any atom is 0.387 e. The number of ether oxygens (including phenoxy) is 1. The standard InChI is InChI=1S/C9H6BrClF2O3/c10-5-3-6(11)7(16-9(12)13)1-4(5)2-8(14)15/h1,3,9H,2H2,(H,14,15). The monoisotopic (exact) mass is 314 g/mol. The summed E-state index contributed by atoms with van der Waals surface area (Å²) in [5, 5.41) is 8.58. The fraction of sp³-hybridized carbons (Fsp3) is 0.222. The van der Waals surface area contributed by atoms with Crippen molar-refractivity contribution in [3.05, 3.63) is 27.2 Å². The topological polar surface area (TPSA) is 46.5 Å². The molecule has 16 heavy (non-hydrogen) atoms. The number of alkyl halides is 2. The maximum absolute atomic E-state index is 12.0. The van der Waals surface area contributed by atoms with E-state index in [9.17, 15) is 13.6 Å². The Morgan fingerprint density at radius 2 is 2.19 bits per heavy atom. The third kappa shape index (κ3) is 3.61. The van der Waals surface area contributed by atoms with E-state index in [0.29, 0.717) is 10.0 Å². The van der Waals surface area contributed by atoms with Crippen molar-refractivity contribution in [3.63, 3.8) is 0 Å². The Labute approximate surface area is 103 Å². The lowest BCUT2D eigenvalue weighted by molar-refractivity contribution is -0.136. The zero-order chi connectivity index (χ0) is 12.3. The number of benzene rings is 1.